The molecule has 2 aromatic heterocycles. The van der Waals surface area contributed by atoms with Crippen LogP contribution < -0.4 is 10.1 Å². The van der Waals surface area contributed by atoms with E-state index >= 15 is 0 Å². The van der Waals surface area contributed by atoms with Crippen LogP contribution in [0.4, 0.5) is 5.82 Å². The first kappa shape index (κ1) is 20.9. The minimum atomic E-state index is -1.33. The molecule has 0 spiro atoms. The number of carboxylic acids is 2. The molecule has 2 unspecified atom stereocenters. The van der Waals surface area contributed by atoms with Crippen LogP contribution in [-0.4, -0.2) is 38.3 Å². The van der Waals surface area contributed by atoms with Crippen LogP contribution in [0.25, 0.3) is 10.9 Å². The normalized spacial score (nSPS) is 12.8. The van der Waals surface area contributed by atoms with Crippen molar-refractivity contribution in [2.24, 2.45) is 0 Å². The lowest BCUT2D eigenvalue weighted by atomic mass is 9.88. The van der Waals surface area contributed by atoms with Crippen molar-refractivity contribution in [1.29, 1.82) is 0 Å². The van der Waals surface area contributed by atoms with Gasteiger partial charge < -0.3 is 25.3 Å². The molecule has 0 bridgehead atoms. The highest BCUT2D eigenvalue weighted by Gasteiger charge is 2.23. The third-order valence-corrected chi connectivity index (χ3v) is 5.06. The Labute approximate surface area is 183 Å². The largest absolute Gasteiger partial charge is 0.481 e. The maximum absolute atomic E-state index is 11.6. The molecule has 0 saturated heterocycles. The number of hydrogen-bond donors (Lipinski definition) is 4. The standard InChI is InChI=1S/C24H21N3O5/c28-22(29)13-18(15-6-2-1-3-7-15)19-14-26-20-12-16(9-10-17(19)20)32-23(24(30)31)27-21-8-4-5-11-25-21/h1-12,14,18,23,26H,13H2,(H,25,27)(H,28,29)(H,30,31). The predicted molar refractivity (Wildman–Crippen MR) is 119 cm³/mol. The molecular weight excluding hydrogens is 410 g/mol. The third-order valence-electron chi connectivity index (χ3n) is 5.06. The summed E-state index contributed by atoms with van der Waals surface area (Å²) in [7, 11) is 0. The second-order valence-corrected chi connectivity index (χ2v) is 7.21. The lowest BCUT2D eigenvalue weighted by Gasteiger charge is -2.17. The Hall–Kier alpha value is -4.33. The van der Waals surface area contributed by atoms with Gasteiger partial charge in [-0.3, -0.25) is 4.79 Å². The molecule has 32 heavy (non-hydrogen) atoms. The van der Waals surface area contributed by atoms with E-state index in [1.807, 2.05) is 30.3 Å². The van der Waals surface area contributed by atoms with Crippen molar-refractivity contribution < 1.29 is 24.5 Å². The van der Waals surface area contributed by atoms with Crippen LogP contribution in [0, 0.1) is 0 Å². The smallest absolute Gasteiger partial charge is 0.366 e. The molecule has 162 valence electrons. The summed E-state index contributed by atoms with van der Waals surface area (Å²) in [6.45, 7) is 0. The Balaban J connectivity index is 1.61. The first-order chi connectivity index (χ1) is 15.5. The van der Waals surface area contributed by atoms with E-state index in [2.05, 4.69) is 15.3 Å². The monoisotopic (exact) mass is 431 g/mol. The molecule has 0 aliphatic carbocycles. The topological polar surface area (TPSA) is 125 Å². The number of aromatic nitrogens is 2. The van der Waals surface area contributed by atoms with E-state index in [0.717, 1.165) is 16.5 Å². The number of hydrogen-bond acceptors (Lipinski definition) is 5. The van der Waals surface area contributed by atoms with Gasteiger partial charge in [-0.1, -0.05) is 36.4 Å². The Morgan fingerprint density at radius 2 is 1.81 bits per heavy atom. The van der Waals surface area contributed by atoms with E-state index in [0.29, 0.717) is 17.1 Å². The van der Waals surface area contributed by atoms with Gasteiger partial charge in [-0.15, -0.1) is 0 Å². The number of carbonyl (C=O) groups is 2. The van der Waals surface area contributed by atoms with Gasteiger partial charge in [0.05, 0.1) is 6.42 Å². The van der Waals surface area contributed by atoms with E-state index in [1.54, 1.807) is 48.8 Å². The summed E-state index contributed by atoms with van der Waals surface area (Å²) in [6.07, 6.45) is 1.95. The summed E-state index contributed by atoms with van der Waals surface area (Å²) in [5.74, 6) is -1.68. The summed E-state index contributed by atoms with van der Waals surface area (Å²) in [4.78, 5) is 30.4. The molecule has 8 heteroatoms. The van der Waals surface area contributed by atoms with Gasteiger partial charge in [0.2, 0.25) is 0 Å². The van der Waals surface area contributed by atoms with Crippen molar-refractivity contribution in [3.63, 3.8) is 0 Å². The van der Waals surface area contributed by atoms with E-state index in [1.165, 1.54) is 0 Å². The molecule has 2 heterocycles. The molecule has 0 aliphatic rings. The average molecular weight is 431 g/mol. The Morgan fingerprint density at radius 1 is 1.03 bits per heavy atom. The van der Waals surface area contributed by atoms with Crippen LogP contribution in [0.5, 0.6) is 5.75 Å². The second-order valence-electron chi connectivity index (χ2n) is 7.21. The molecular formula is C24H21N3O5. The first-order valence-corrected chi connectivity index (χ1v) is 9.96. The fraction of sp³-hybridized carbons (Fsp3) is 0.125. The first-order valence-electron chi connectivity index (χ1n) is 9.96. The zero-order valence-electron chi connectivity index (χ0n) is 16.9. The van der Waals surface area contributed by atoms with Gasteiger partial charge in [-0.05, 0) is 35.4 Å². The summed E-state index contributed by atoms with van der Waals surface area (Å²) >= 11 is 0. The van der Waals surface area contributed by atoms with Gasteiger partial charge in [0.25, 0.3) is 6.23 Å². The molecule has 0 aliphatic heterocycles. The number of benzene rings is 2. The van der Waals surface area contributed by atoms with E-state index < -0.39 is 18.2 Å². The zero-order valence-corrected chi connectivity index (χ0v) is 16.9. The summed E-state index contributed by atoms with van der Waals surface area (Å²) < 4.78 is 5.64. The molecule has 8 nitrogen and oxygen atoms in total. The lowest BCUT2D eigenvalue weighted by Crippen LogP contribution is -2.35. The number of nitrogens with one attached hydrogen (secondary N) is 2. The molecule has 2 atom stereocenters. The van der Waals surface area contributed by atoms with Crippen molar-refractivity contribution in [1.82, 2.24) is 9.97 Å². The fourth-order valence-corrected chi connectivity index (χ4v) is 3.62. The van der Waals surface area contributed by atoms with Gasteiger partial charge in [0.1, 0.15) is 11.6 Å². The molecule has 0 fully saturated rings. The van der Waals surface area contributed by atoms with Crippen LogP contribution in [-0.2, 0) is 9.59 Å². The number of aromatic amines is 1. The maximum atomic E-state index is 11.6. The van der Waals surface area contributed by atoms with Crippen molar-refractivity contribution >= 4 is 28.7 Å². The number of H-pyrrole nitrogens is 1. The number of rotatable bonds is 9. The number of carboxylic acid groups (broad SMARTS) is 2. The number of pyridine rings is 1. The number of nitrogens with zero attached hydrogens (tertiary/aromatic N) is 1. The van der Waals surface area contributed by atoms with Gasteiger partial charge in [-0.25, -0.2) is 9.78 Å². The van der Waals surface area contributed by atoms with E-state index in [-0.39, 0.29) is 12.3 Å². The highest BCUT2D eigenvalue weighted by molar-refractivity contribution is 5.86. The SMILES string of the molecule is O=C(O)CC(c1ccccc1)c1c[nH]c2cc(OC(Nc3ccccn3)C(=O)O)ccc12. The van der Waals surface area contributed by atoms with Crippen LogP contribution >= 0.6 is 0 Å². The minimum Gasteiger partial charge on any atom is -0.481 e. The van der Waals surface area contributed by atoms with Gasteiger partial charge >= 0.3 is 11.9 Å². The number of ether oxygens (including phenoxy) is 1. The maximum Gasteiger partial charge on any atom is 0.366 e. The highest BCUT2D eigenvalue weighted by Crippen LogP contribution is 2.34. The quantitative estimate of drug-likeness (QED) is 0.294. The molecule has 4 N–H and O–H groups in total. The summed E-state index contributed by atoms with van der Waals surface area (Å²) in [5, 5.41) is 22.5. The van der Waals surface area contributed by atoms with Crippen LogP contribution in [0.2, 0.25) is 0 Å². The Morgan fingerprint density at radius 3 is 2.50 bits per heavy atom. The summed E-state index contributed by atoms with van der Waals surface area (Å²) in [6, 6.07) is 19.7. The van der Waals surface area contributed by atoms with E-state index in [9.17, 15) is 19.8 Å². The molecule has 0 radical (unpaired) electrons. The Bertz CT molecular complexity index is 1220. The third kappa shape index (κ3) is 4.70. The van der Waals surface area contributed by atoms with Crippen LogP contribution in [0.3, 0.4) is 0 Å². The fourth-order valence-electron chi connectivity index (χ4n) is 3.62. The van der Waals surface area contributed by atoms with Gasteiger partial charge in [0.15, 0.2) is 0 Å². The molecule has 4 rings (SSSR count). The van der Waals surface area contributed by atoms with E-state index in [4.69, 9.17) is 4.74 Å². The average Bonchev–Trinajstić information content (AvgIpc) is 3.21. The highest BCUT2D eigenvalue weighted by atomic mass is 16.5. The van der Waals surface area contributed by atoms with Crippen molar-refractivity contribution in [2.75, 3.05) is 5.32 Å². The number of anilines is 1. The molecule has 4 aromatic rings. The minimum absolute atomic E-state index is 0.0513. The summed E-state index contributed by atoms with van der Waals surface area (Å²) in [5.41, 5.74) is 2.47. The molecule has 2 aromatic carbocycles. The molecule has 0 amide bonds. The lowest BCUT2D eigenvalue weighted by molar-refractivity contribution is -0.143. The molecule has 0 saturated carbocycles. The predicted octanol–water partition coefficient (Wildman–Crippen LogP) is 4.07. The zero-order chi connectivity index (χ0) is 22.5. The van der Waals surface area contributed by atoms with Crippen molar-refractivity contribution in [3.05, 3.63) is 90.3 Å². The van der Waals surface area contributed by atoms with Crippen LogP contribution in [0.1, 0.15) is 23.5 Å². The van der Waals surface area contributed by atoms with Gasteiger partial charge in [-0.2, -0.15) is 0 Å². The second kappa shape index (κ2) is 9.22. The van der Waals surface area contributed by atoms with Crippen molar-refractivity contribution in [2.45, 2.75) is 18.6 Å². The van der Waals surface area contributed by atoms with Gasteiger partial charge in [0, 0.05) is 35.3 Å². The number of fused-ring (bicyclic) bond motifs is 1. The Kier molecular flexibility index (Phi) is 6.03. The number of aliphatic carboxylic acids is 2. The van der Waals surface area contributed by atoms with Crippen LogP contribution in [0.15, 0.2) is 79.1 Å². The van der Waals surface area contributed by atoms with Crippen molar-refractivity contribution in [3.8, 4) is 5.75 Å².